The number of likely N-dealkylation sites (N-methyl/N-ethyl adjacent to an activating group) is 1. The van der Waals surface area contributed by atoms with E-state index in [1.165, 1.54) is 0 Å². The molecule has 168 valence electrons. The molecule has 1 saturated heterocycles. The molecule has 2 aromatic carbocycles. The number of piperazine rings is 1. The highest BCUT2D eigenvalue weighted by Gasteiger charge is 2.27. The highest BCUT2D eigenvalue weighted by atomic mass is 16.5. The Morgan fingerprint density at radius 1 is 0.970 bits per heavy atom. The van der Waals surface area contributed by atoms with Crippen molar-refractivity contribution in [3.63, 3.8) is 0 Å². The van der Waals surface area contributed by atoms with E-state index in [0.717, 1.165) is 59.6 Å². The number of carbonyl (C=O) groups excluding carboxylic acids is 2. The first-order chi connectivity index (χ1) is 15.9. The molecule has 0 bridgehead atoms. The number of amides is 2. The lowest BCUT2D eigenvalue weighted by Gasteiger charge is -2.32. The predicted octanol–water partition coefficient (Wildman–Crippen LogP) is 2.81. The topological polar surface area (TPSA) is 88.8 Å². The molecule has 0 radical (unpaired) electrons. The minimum Gasteiger partial charge on any atom is -0.481 e. The van der Waals surface area contributed by atoms with Crippen LogP contribution in [0.4, 0.5) is 0 Å². The Kier molecular flexibility index (Phi) is 5.34. The van der Waals surface area contributed by atoms with Crippen molar-refractivity contribution < 1.29 is 14.3 Å². The number of fused-ring (bicyclic) bond motifs is 3. The predicted molar refractivity (Wildman–Crippen MR) is 126 cm³/mol. The van der Waals surface area contributed by atoms with Crippen LogP contribution in [0.5, 0.6) is 5.88 Å². The van der Waals surface area contributed by atoms with Gasteiger partial charge in [-0.2, -0.15) is 0 Å². The van der Waals surface area contributed by atoms with Crippen LogP contribution in [-0.2, 0) is 6.42 Å². The minimum atomic E-state index is -0.462. The second-order valence-electron chi connectivity index (χ2n) is 8.65. The van der Waals surface area contributed by atoms with Gasteiger partial charge < -0.3 is 20.3 Å². The van der Waals surface area contributed by atoms with E-state index in [0.29, 0.717) is 23.4 Å². The molecule has 0 unspecified atom stereocenters. The van der Waals surface area contributed by atoms with Crippen LogP contribution in [0.2, 0.25) is 0 Å². The molecule has 5 rings (SSSR count). The van der Waals surface area contributed by atoms with E-state index in [1.54, 1.807) is 19.4 Å². The summed E-state index contributed by atoms with van der Waals surface area (Å²) < 4.78 is 5.15. The maximum absolute atomic E-state index is 13.1. The standard InChI is InChI=1S/C26H26N4O3/c1-29-7-9-30(10-8-29)26(32)16-3-5-20-19(11-16)14-22-21(20)12-18(13-23(22)25(27)31)17-4-6-24(33-2)28-15-17/h3-6,11-13,15H,7-10,14H2,1-2H3,(H2,27,31). The molecule has 2 N–H and O–H groups in total. The van der Waals surface area contributed by atoms with Gasteiger partial charge in [0.15, 0.2) is 0 Å². The first kappa shape index (κ1) is 21.2. The summed E-state index contributed by atoms with van der Waals surface area (Å²) in [7, 11) is 3.64. The van der Waals surface area contributed by atoms with Crippen molar-refractivity contribution in [2.45, 2.75) is 6.42 Å². The second-order valence-corrected chi connectivity index (χ2v) is 8.65. The number of benzene rings is 2. The molecular formula is C26H26N4O3. The van der Waals surface area contributed by atoms with Gasteiger partial charge in [0.2, 0.25) is 11.8 Å². The maximum atomic E-state index is 13.1. The van der Waals surface area contributed by atoms with Gasteiger partial charge in [-0.1, -0.05) is 6.07 Å². The van der Waals surface area contributed by atoms with Gasteiger partial charge in [-0.05, 0) is 71.6 Å². The molecule has 1 aliphatic heterocycles. The zero-order valence-electron chi connectivity index (χ0n) is 18.8. The summed E-state index contributed by atoms with van der Waals surface area (Å²) in [5.41, 5.74) is 12.6. The third kappa shape index (κ3) is 3.85. The van der Waals surface area contributed by atoms with Crippen molar-refractivity contribution in [3.8, 4) is 28.1 Å². The number of rotatable bonds is 4. The van der Waals surface area contributed by atoms with Gasteiger partial charge in [-0.3, -0.25) is 9.59 Å². The van der Waals surface area contributed by atoms with Crippen LogP contribution in [0.1, 0.15) is 31.8 Å². The number of pyridine rings is 1. The molecule has 0 saturated carbocycles. The lowest BCUT2D eigenvalue weighted by atomic mass is 9.94. The minimum absolute atomic E-state index is 0.0574. The van der Waals surface area contributed by atoms with E-state index < -0.39 is 5.91 Å². The number of methoxy groups -OCH3 is 1. The molecule has 7 heteroatoms. The van der Waals surface area contributed by atoms with Crippen molar-refractivity contribution in [3.05, 3.63) is 70.9 Å². The van der Waals surface area contributed by atoms with Crippen molar-refractivity contribution in [1.29, 1.82) is 0 Å². The van der Waals surface area contributed by atoms with Crippen LogP contribution < -0.4 is 10.5 Å². The van der Waals surface area contributed by atoms with Crippen molar-refractivity contribution >= 4 is 11.8 Å². The number of carbonyl (C=O) groups is 2. The van der Waals surface area contributed by atoms with Crippen molar-refractivity contribution in [2.24, 2.45) is 5.73 Å². The summed E-state index contributed by atoms with van der Waals surface area (Å²) >= 11 is 0. The fraction of sp³-hybridized carbons (Fsp3) is 0.269. The molecule has 1 aliphatic carbocycles. The number of primary amides is 1. The molecule has 1 fully saturated rings. The molecule has 0 spiro atoms. The van der Waals surface area contributed by atoms with Gasteiger partial charge >= 0.3 is 0 Å². The third-order valence-electron chi connectivity index (χ3n) is 6.59. The summed E-state index contributed by atoms with van der Waals surface area (Å²) in [5.74, 6) is 0.121. The Labute approximate surface area is 192 Å². The van der Waals surface area contributed by atoms with Gasteiger partial charge in [0.1, 0.15) is 0 Å². The van der Waals surface area contributed by atoms with Crippen molar-refractivity contribution in [2.75, 3.05) is 40.3 Å². The normalized spacial score (nSPS) is 15.2. The van der Waals surface area contributed by atoms with Crippen LogP contribution in [0.3, 0.4) is 0 Å². The lowest BCUT2D eigenvalue weighted by molar-refractivity contribution is 0.0664. The van der Waals surface area contributed by atoms with Crippen molar-refractivity contribution in [1.82, 2.24) is 14.8 Å². The number of hydrogen-bond acceptors (Lipinski definition) is 5. The largest absolute Gasteiger partial charge is 0.481 e. The number of nitrogens with zero attached hydrogens (tertiary/aromatic N) is 3. The van der Waals surface area contributed by atoms with E-state index in [4.69, 9.17) is 10.5 Å². The van der Waals surface area contributed by atoms with E-state index >= 15 is 0 Å². The smallest absolute Gasteiger partial charge is 0.253 e. The molecule has 2 amide bonds. The number of hydrogen-bond donors (Lipinski definition) is 1. The average Bonchev–Trinajstić information content (AvgIpc) is 3.21. The van der Waals surface area contributed by atoms with Gasteiger partial charge in [0, 0.05) is 55.1 Å². The Hall–Kier alpha value is -3.71. The zero-order valence-corrected chi connectivity index (χ0v) is 18.8. The Morgan fingerprint density at radius 3 is 2.42 bits per heavy atom. The fourth-order valence-corrected chi connectivity index (χ4v) is 4.68. The molecule has 2 aliphatic rings. The third-order valence-corrected chi connectivity index (χ3v) is 6.59. The van der Waals surface area contributed by atoms with E-state index in [9.17, 15) is 9.59 Å². The average molecular weight is 443 g/mol. The summed E-state index contributed by atoms with van der Waals surface area (Å²) in [5, 5.41) is 0. The highest BCUT2D eigenvalue weighted by molar-refractivity contribution is 6.01. The zero-order chi connectivity index (χ0) is 23.1. The fourth-order valence-electron chi connectivity index (χ4n) is 4.68. The van der Waals surface area contributed by atoms with Gasteiger partial charge in [-0.25, -0.2) is 4.98 Å². The van der Waals surface area contributed by atoms with Crippen LogP contribution in [0.25, 0.3) is 22.3 Å². The Balaban J connectivity index is 1.51. The molecular weight excluding hydrogens is 416 g/mol. The van der Waals surface area contributed by atoms with E-state index in [1.807, 2.05) is 35.2 Å². The summed E-state index contributed by atoms with van der Waals surface area (Å²) in [6.45, 7) is 3.23. The summed E-state index contributed by atoms with van der Waals surface area (Å²) in [6.07, 6.45) is 2.30. The van der Waals surface area contributed by atoms with Crippen LogP contribution in [0.15, 0.2) is 48.7 Å². The van der Waals surface area contributed by atoms with E-state index in [-0.39, 0.29) is 5.91 Å². The van der Waals surface area contributed by atoms with Crippen LogP contribution >= 0.6 is 0 Å². The summed E-state index contributed by atoms with van der Waals surface area (Å²) in [6, 6.07) is 13.4. The van der Waals surface area contributed by atoms with Crippen LogP contribution in [-0.4, -0.2) is 66.9 Å². The summed E-state index contributed by atoms with van der Waals surface area (Å²) in [4.78, 5) is 33.8. The maximum Gasteiger partial charge on any atom is 0.253 e. The van der Waals surface area contributed by atoms with Gasteiger partial charge in [0.25, 0.3) is 5.91 Å². The lowest BCUT2D eigenvalue weighted by Crippen LogP contribution is -2.47. The molecule has 2 heterocycles. The molecule has 0 atom stereocenters. The molecule has 7 nitrogen and oxygen atoms in total. The molecule has 3 aromatic rings. The number of aromatic nitrogens is 1. The highest BCUT2D eigenvalue weighted by Crippen LogP contribution is 2.41. The SMILES string of the molecule is COc1ccc(-c2cc(C(N)=O)c3c(c2)-c2ccc(C(=O)N4CCN(C)CC4)cc2C3)cn1. The Bertz CT molecular complexity index is 1250. The first-order valence-electron chi connectivity index (χ1n) is 11.0. The second kappa shape index (κ2) is 8.33. The quantitative estimate of drug-likeness (QED) is 0.525. The Morgan fingerprint density at radius 2 is 1.76 bits per heavy atom. The first-order valence-corrected chi connectivity index (χ1v) is 11.0. The number of nitrogens with two attached hydrogens (primary N) is 1. The number of ether oxygens (including phenoxy) is 1. The molecule has 33 heavy (non-hydrogen) atoms. The van der Waals surface area contributed by atoms with Gasteiger partial charge in [-0.15, -0.1) is 0 Å². The van der Waals surface area contributed by atoms with Gasteiger partial charge in [0.05, 0.1) is 7.11 Å². The van der Waals surface area contributed by atoms with E-state index in [2.05, 4.69) is 23.0 Å². The molecule has 1 aromatic heterocycles. The van der Waals surface area contributed by atoms with Crippen LogP contribution in [0, 0.1) is 0 Å². The monoisotopic (exact) mass is 442 g/mol.